The molecule has 0 saturated heterocycles. The van der Waals surface area contributed by atoms with Crippen molar-refractivity contribution in [3.63, 3.8) is 0 Å². The van der Waals surface area contributed by atoms with E-state index >= 15 is 0 Å². The van der Waals surface area contributed by atoms with Crippen LogP contribution in [0.5, 0.6) is 5.75 Å². The molecule has 0 aliphatic heterocycles. The third-order valence-electron chi connectivity index (χ3n) is 2.17. The third kappa shape index (κ3) is 4.72. The van der Waals surface area contributed by atoms with Crippen LogP contribution in [0.3, 0.4) is 0 Å². The minimum absolute atomic E-state index is 0.544. The van der Waals surface area contributed by atoms with Gasteiger partial charge in [-0.25, -0.2) is 0 Å². The zero-order valence-electron chi connectivity index (χ0n) is 10.1. The molecule has 0 amide bonds. The van der Waals surface area contributed by atoms with Crippen LogP contribution in [0.15, 0.2) is 12.1 Å². The molecular weight excluding hydrogens is 261 g/mol. The maximum atomic E-state index is 6.09. The lowest BCUT2D eigenvalue weighted by Crippen LogP contribution is -2.19. The Hall–Kier alpha value is -0.480. The topological polar surface area (TPSA) is 30.5 Å². The number of hydrogen-bond acceptors (Lipinski definition) is 3. The van der Waals surface area contributed by atoms with Crippen molar-refractivity contribution in [2.24, 2.45) is 0 Å². The molecule has 0 unspecified atom stereocenters. The highest BCUT2D eigenvalue weighted by molar-refractivity contribution is 6.35. The van der Waals surface area contributed by atoms with E-state index in [2.05, 4.69) is 5.32 Å². The number of nitrogens with one attached hydrogen (secondary N) is 1. The summed E-state index contributed by atoms with van der Waals surface area (Å²) in [5.74, 6) is 0.698. The SMILES string of the molecule is CCOc1c(Cl)cc(Cl)cc1CNCCOC. The molecule has 0 spiro atoms. The van der Waals surface area contributed by atoms with Gasteiger partial charge < -0.3 is 14.8 Å². The maximum absolute atomic E-state index is 6.09. The molecule has 0 fully saturated rings. The van der Waals surface area contributed by atoms with E-state index < -0.39 is 0 Å². The minimum Gasteiger partial charge on any atom is -0.492 e. The van der Waals surface area contributed by atoms with E-state index in [4.69, 9.17) is 32.7 Å². The number of methoxy groups -OCH3 is 1. The van der Waals surface area contributed by atoms with Gasteiger partial charge in [-0.05, 0) is 19.1 Å². The molecule has 0 atom stereocenters. The Morgan fingerprint density at radius 2 is 2.06 bits per heavy atom. The lowest BCUT2D eigenvalue weighted by Gasteiger charge is -2.13. The molecule has 1 aromatic carbocycles. The van der Waals surface area contributed by atoms with Crippen molar-refractivity contribution in [3.05, 3.63) is 27.7 Å². The Morgan fingerprint density at radius 3 is 2.71 bits per heavy atom. The maximum Gasteiger partial charge on any atom is 0.142 e. The largest absolute Gasteiger partial charge is 0.492 e. The van der Waals surface area contributed by atoms with Gasteiger partial charge in [0.05, 0.1) is 18.2 Å². The minimum atomic E-state index is 0.544. The van der Waals surface area contributed by atoms with Crippen LogP contribution in [0, 0.1) is 0 Å². The molecule has 0 aliphatic rings. The summed E-state index contributed by atoms with van der Waals surface area (Å²) < 4.78 is 10.5. The van der Waals surface area contributed by atoms with Crippen molar-refractivity contribution in [2.75, 3.05) is 26.9 Å². The van der Waals surface area contributed by atoms with Crippen molar-refractivity contribution >= 4 is 23.2 Å². The molecular formula is C12H17Cl2NO2. The first-order valence-corrected chi connectivity index (χ1v) is 6.25. The molecule has 1 N–H and O–H groups in total. The first-order chi connectivity index (χ1) is 8.19. The molecule has 0 aliphatic carbocycles. The fraction of sp³-hybridized carbons (Fsp3) is 0.500. The number of benzene rings is 1. The quantitative estimate of drug-likeness (QED) is 0.777. The van der Waals surface area contributed by atoms with Gasteiger partial charge in [0.1, 0.15) is 5.75 Å². The van der Waals surface area contributed by atoms with Crippen molar-refractivity contribution in [1.29, 1.82) is 0 Å². The van der Waals surface area contributed by atoms with Crippen LogP contribution in [0.25, 0.3) is 0 Å². The van der Waals surface area contributed by atoms with Gasteiger partial charge in [-0.3, -0.25) is 0 Å². The monoisotopic (exact) mass is 277 g/mol. The molecule has 0 radical (unpaired) electrons. The molecule has 17 heavy (non-hydrogen) atoms. The molecule has 1 aromatic rings. The van der Waals surface area contributed by atoms with Crippen LogP contribution >= 0.6 is 23.2 Å². The van der Waals surface area contributed by atoms with Crippen LogP contribution in [-0.2, 0) is 11.3 Å². The highest BCUT2D eigenvalue weighted by Crippen LogP contribution is 2.32. The van der Waals surface area contributed by atoms with Gasteiger partial charge in [0, 0.05) is 30.8 Å². The van der Waals surface area contributed by atoms with Crippen LogP contribution in [0.2, 0.25) is 10.0 Å². The summed E-state index contributed by atoms with van der Waals surface area (Å²) in [7, 11) is 1.67. The van der Waals surface area contributed by atoms with Crippen molar-refractivity contribution in [1.82, 2.24) is 5.32 Å². The number of hydrogen-bond donors (Lipinski definition) is 1. The first kappa shape index (κ1) is 14.6. The fourth-order valence-corrected chi connectivity index (χ4v) is 2.04. The van der Waals surface area contributed by atoms with Gasteiger partial charge in [0.15, 0.2) is 0 Å². The zero-order valence-corrected chi connectivity index (χ0v) is 11.6. The van der Waals surface area contributed by atoms with Crippen molar-refractivity contribution < 1.29 is 9.47 Å². The van der Waals surface area contributed by atoms with Crippen LogP contribution in [0.1, 0.15) is 12.5 Å². The van der Waals surface area contributed by atoms with E-state index in [1.54, 1.807) is 13.2 Å². The van der Waals surface area contributed by atoms with Gasteiger partial charge in [0.25, 0.3) is 0 Å². The summed E-state index contributed by atoms with van der Waals surface area (Å²) in [5.41, 5.74) is 0.959. The van der Waals surface area contributed by atoms with Gasteiger partial charge in [0.2, 0.25) is 0 Å². The van der Waals surface area contributed by atoms with E-state index in [1.165, 1.54) is 0 Å². The third-order valence-corrected chi connectivity index (χ3v) is 2.67. The lowest BCUT2D eigenvalue weighted by molar-refractivity contribution is 0.199. The van der Waals surface area contributed by atoms with Gasteiger partial charge >= 0.3 is 0 Å². The zero-order chi connectivity index (χ0) is 12.7. The first-order valence-electron chi connectivity index (χ1n) is 5.49. The average molecular weight is 278 g/mol. The second-order valence-corrected chi connectivity index (χ2v) is 4.32. The number of rotatable bonds is 7. The standard InChI is InChI=1S/C12H17Cl2NO2/c1-3-17-12-9(8-15-4-5-16-2)6-10(13)7-11(12)14/h6-7,15H,3-5,8H2,1-2H3. The van der Waals surface area contributed by atoms with E-state index in [1.807, 2.05) is 13.0 Å². The molecule has 0 heterocycles. The summed E-state index contributed by atoms with van der Waals surface area (Å²) in [5, 5.41) is 4.39. The molecule has 96 valence electrons. The second-order valence-electron chi connectivity index (χ2n) is 3.48. The Kier molecular flexibility index (Phi) is 6.66. The Morgan fingerprint density at radius 1 is 1.29 bits per heavy atom. The molecule has 0 bridgehead atoms. The molecule has 5 heteroatoms. The highest BCUT2D eigenvalue weighted by Gasteiger charge is 2.09. The van der Waals surface area contributed by atoms with E-state index in [0.29, 0.717) is 35.6 Å². The van der Waals surface area contributed by atoms with Crippen LogP contribution in [-0.4, -0.2) is 26.9 Å². The summed E-state index contributed by atoms with van der Waals surface area (Å²) in [6, 6.07) is 3.55. The predicted molar refractivity (Wildman–Crippen MR) is 71.2 cm³/mol. The molecule has 0 saturated carbocycles. The Balaban J connectivity index is 2.73. The fourth-order valence-electron chi connectivity index (χ4n) is 1.45. The Labute approximate surface area is 112 Å². The molecule has 0 aromatic heterocycles. The number of halogens is 2. The predicted octanol–water partition coefficient (Wildman–Crippen LogP) is 3.13. The van der Waals surface area contributed by atoms with Crippen LogP contribution in [0.4, 0.5) is 0 Å². The summed E-state index contributed by atoms with van der Waals surface area (Å²) >= 11 is 12.1. The molecule has 1 rings (SSSR count). The summed E-state index contributed by atoms with van der Waals surface area (Å²) in [6.45, 7) is 4.59. The summed E-state index contributed by atoms with van der Waals surface area (Å²) in [6.07, 6.45) is 0. The summed E-state index contributed by atoms with van der Waals surface area (Å²) in [4.78, 5) is 0. The van der Waals surface area contributed by atoms with Gasteiger partial charge in [-0.2, -0.15) is 0 Å². The van der Waals surface area contributed by atoms with E-state index in [-0.39, 0.29) is 0 Å². The molecule has 3 nitrogen and oxygen atoms in total. The highest BCUT2D eigenvalue weighted by atomic mass is 35.5. The smallest absolute Gasteiger partial charge is 0.142 e. The van der Waals surface area contributed by atoms with Crippen molar-refractivity contribution in [3.8, 4) is 5.75 Å². The van der Waals surface area contributed by atoms with Crippen LogP contribution < -0.4 is 10.1 Å². The lowest BCUT2D eigenvalue weighted by atomic mass is 10.2. The Bertz CT molecular complexity index is 359. The van der Waals surface area contributed by atoms with Crippen molar-refractivity contribution in [2.45, 2.75) is 13.5 Å². The van der Waals surface area contributed by atoms with E-state index in [9.17, 15) is 0 Å². The normalized spacial score (nSPS) is 10.6. The van der Waals surface area contributed by atoms with Gasteiger partial charge in [-0.1, -0.05) is 23.2 Å². The van der Waals surface area contributed by atoms with E-state index in [0.717, 1.165) is 12.1 Å². The van der Waals surface area contributed by atoms with Gasteiger partial charge in [-0.15, -0.1) is 0 Å². The average Bonchev–Trinajstić information content (AvgIpc) is 2.29. The second kappa shape index (κ2) is 7.77. The number of ether oxygens (including phenoxy) is 2.